The molecule has 0 saturated carbocycles. The lowest BCUT2D eigenvalue weighted by molar-refractivity contribution is 0.0957. The molecular weight excluding hydrogens is 320 g/mol. The van der Waals surface area contributed by atoms with Gasteiger partial charge in [0, 0.05) is 16.6 Å². The van der Waals surface area contributed by atoms with Crippen molar-refractivity contribution in [2.24, 2.45) is 0 Å². The third-order valence-electron chi connectivity index (χ3n) is 2.25. The molecule has 0 heterocycles. The van der Waals surface area contributed by atoms with Gasteiger partial charge in [0.15, 0.2) is 17.4 Å². The van der Waals surface area contributed by atoms with Gasteiger partial charge in [0.1, 0.15) is 12.7 Å². The second-order valence-corrected chi connectivity index (χ2v) is 6.21. The Hall–Kier alpha value is -0.720. The molecular formula is C13H18BrF2NO2. The van der Waals surface area contributed by atoms with Crippen LogP contribution < -0.4 is 10.1 Å². The summed E-state index contributed by atoms with van der Waals surface area (Å²) in [6.07, 6.45) is -0.846. The number of ether oxygens (including phenoxy) is 1. The van der Waals surface area contributed by atoms with Gasteiger partial charge >= 0.3 is 0 Å². The van der Waals surface area contributed by atoms with E-state index in [9.17, 15) is 13.9 Å². The zero-order valence-electron chi connectivity index (χ0n) is 11.1. The quantitative estimate of drug-likeness (QED) is 0.868. The molecule has 0 spiro atoms. The Labute approximate surface area is 120 Å². The van der Waals surface area contributed by atoms with Gasteiger partial charge in [0.2, 0.25) is 0 Å². The summed E-state index contributed by atoms with van der Waals surface area (Å²) in [5, 5.41) is 12.7. The number of nitrogens with one attached hydrogen (secondary N) is 1. The molecule has 19 heavy (non-hydrogen) atoms. The highest BCUT2D eigenvalue weighted by molar-refractivity contribution is 9.10. The molecule has 0 amide bonds. The monoisotopic (exact) mass is 337 g/mol. The number of hydrogen-bond donors (Lipinski definition) is 2. The van der Waals surface area contributed by atoms with Crippen LogP contribution >= 0.6 is 15.9 Å². The van der Waals surface area contributed by atoms with Gasteiger partial charge in [-0.25, -0.2) is 8.78 Å². The number of β-amino-alcohol motifs (C(OH)–C–C–N with tert-alkyl or cyclic N) is 1. The van der Waals surface area contributed by atoms with Crippen LogP contribution in [0.5, 0.6) is 5.75 Å². The van der Waals surface area contributed by atoms with Gasteiger partial charge in [-0.3, -0.25) is 0 Å². The summed E-state index contributed by atoms with van der Waals surface area (Å²) in [5.74, 6) is -2.08. The van der Waals surface area contributed by atoms with E-state index in [0.29, 0.717) is 4.47 Å². The van der Waals surface area contributed by atoms with E-state index < -0.39 is 23.5 Å². The molecule has 1 aromatic carbocycles. The first-order valence-electron chi connectivity index (χ1n) is 5.89. The highest BCUT2D eigenvalue weighted by Gasteiger charge is 2.16. The molecule has 3 nitrogen and oxygen atoms in total. The van der Waals surface area contributed by atoms with Gasteiger partial charge in [-0.2, -0.15) is 0 Å². The summed E-state index contributed by atoms with van der Waals surface area (Å²) < 4.78 is 32.2. The number of rotatable bonds is 5. The Balaban J connectivity index is 2.53. The summed E-state index contributed by atoms with van der Waals surface area (Å²) in [4.78, 5) is 0. The molecule has 0 saturated heterocycles. The Bertz CT molecular complexity index is 412. The number of hydrogen-bond acceptors (Lipinski definition) is 3. The van der Waals surface area contributed by atoms with Crippen molar-refractivity contribution in [2.45, 2.75) is 32.4 Å². The third kappa shape index (κ3) is 5.84. The van der Waals surface area contributed by atoms with Crippen LogP contribution in [0.2, 0.25) is 0 Å². The van der Waals surface area contributed by atoms with E-state index in [-0.39, 0.29) is 18.7 Å². The van der Waals surface area contributed by atoms with Crippen molar-refractivity contribution in [2.75, 3.05) is 13.2 Å². The van der Waals surface area contributed by atoms with E-state index >= 15 is 0 Å². The molecule has 1 rings (SSSR count). The largest absolute Gasteiger partial charge is 0.485 e. The lowest BCUT2D eigenvalue weighted by Gasteiger charge is -2.23. The molecule has 0 aliphatic rings. The first kappa shape index (κ1) is 16.3. The average molecular weight is 338 g/mol. The van der Waals surface area contributed by atoms with Crippen molar-refractivity contribution in [1.82, 2.24) is 5.32 Å². The maximum atomic E-state index is 13.4. The minimum absolute atomic E-state index is 0.144. The summed E-state index contributed by atoms with van der Waals surface area (Å²) in [7, 11) is 0. The third-order valence-corrected chi connectivity index (χ3v) is 2.71. The first-order chi connectivity index (χ1) is 8.69. The number of halogens is 3. The van der Waals surface area contributed by atoms with Gasteiger partial charge in [-0.05, 0) is 32.9 Å². The normalized spacial score (nSPS) is 13.4. The molecule has 0 fully saturated rings. The molecule has 0 aliphatic carbocycles. The van der Waals surface area contributed by atoms with Crippen molar-refractivity contribution >= 4 is 15.9 Å². The van der Waals surface area contributed by atoms with Crippen molar-refractivity contribution in [3.05, 3.63) is 28.2 Å². The molecule has 1 atom stereocenters. The number of benzene rings is 1. The minimum atomic E-state index is -0.846. The molecule has 6 heteroatoms. The topological polar surface area (TPSA) is 41.5 Å². The minimum Gasteiger partial charge on any atom is -0.485 e. The van der Waals surface area contributed by atoms with Crippen LogP contribution in [-0.4, -0.2) is 29.9 Å². The average Bonchev–Trinajstić information content (AvgIpc) is 2.23. The maximum absolute atomic E-state index is 13.4. The fourth-order valence-electron chi connectivity index (χ4n) is 1.33. The molecule has 0 aromatic heterocycles. The van der Waals surface area contributed by atoms with Crippen LogP contribution in [0.15, 0.2) is 16.6 Å². The van der Waals surface area contributed by atoms with Crippen LogP contribution in [0.25, 0.3) is 0 Å². The van der Waals surface area contributed by atoms with E-state index in [1.807, 2.05) is 20.8 Å². The Morgan fingerprint density at radius 2 is 1.84 bits per heavy atom. The second-order valence-electron chi connectivity index (χ2n) is 5.29. The van der Waals surface area contributed by atoms with Gasteiger partial charge in [-0.1, -0.05) is 15.9 Å². The summed E-state index contributed by atoms with van der Waals surface area (Å²) in [6.45, 7) is 5.96. The Morgan fingerprint density at radius 1 is 1.32 bits per heavy atom. The fourth-order valence-corrected chi connectivity index (χ4v) is 1.73. The highest BCUT2D eigenvalue weighted by atomic mass is 79.9. The first-order valence-corrected chi connectivity index (χ1v) is 6.69. The summed E-state index contributed by atoms with van der Waals surface area (Å²) in [5.41, 5.74) is -0.144. The number of aliphatic hydroxyl groups excluding tert-OH is 1. The predicted molar refractivity (Wildman–Crippen MR) is 73.3 cm³/mol. The molecule has 2 N–H and O–H groups in total. The summed E-state index contributed by atoms with van der Waals surface area (Å²) in [6, 6.07) is 2.22. The maximum Gasteiger partial charge on any atom is 0.190 e. The van der Waals surface area contributed by atoms with Crippen LogP contribution in [0.3, 0.4) is 0 Å². The fraction of sp³-hybridized carbons (Fsp3) is 0.538. The van der Waals surface area contributed by atoms with E-state index in [0.717, 1.165) is 12.1 Å². The van der Waals surface area contributed by atoms with Gasteiger partial charge < -0.3 is 15.2 Å². The van der Waals surface area contributed by atoms with E-state index in [1.54, 1.807) is 0 Å². The second kappa shape index (κ2) is 6.63. The van der Waals surface area contributed by atoms with Crippen LogP contribution in [0, 0.1) is 11.6 Å². The Morgan fingerprint density at radius 3 is 2.32 bits per heavy atom. The van der Waals surface area contributed by atoms with Gasteiger partial charge in [0.25, 0.3) is 0 Å². The van der Waals surface area contributed by atoms with Crippen molar-refractivity contribution in [3.8, 4) is 5.75 Å². The lowest BCUT2D eigenvalue weighted by atomic mass is 10.1. The van der Waals surface area contributed by atoms with Crippen molar-refractivity contribution in [1.29, 1.82) is 0 Å². The van der Waals surface area contributed by atoms with E-state index in [4.69, 9.17) is 4.74 Å². The number of aliphatic hydroxyl groups is 1. The SMILES string of the molecule is CC(C)(C)NC[C@H](O)COc1c(F)cc(Br)cc1F. The van der Waals surface area contributed by atoms with Gasteiger partial charge in [-0.15, -0.1) is 0 Å². The Kier molecular flexibility index (Phi) is 5.70. The molecule has 1 aromatic rings. The molecule has 0 radical (unpaired) electrons. The van der Waals surface area contributed by atoms with E-state index in [2.05, 4.69) is 21.2 Å². The molecule has 0 aliphatic heterocycles. The predicted octanol–water partition coefficient (Wildman–Crippen LogP) is 2.86. The van der Waals surface area contributed by atoms with Crippen molar-refractivity contribution in [3.63, 3.8) is 0 Å². The van der Waals surface area contributed by atoms with E-state index in [1.165, 1.54) is 0 Å². The zero-order valence-corrected chi connectivity index (χ0v) is 12.7. The lowest BCUT2D eigenvalue weighted by Crippen LogP contribution is -2.42. The highest BCUT2D eigenvalue weighted by Crippen LogP contribution is 2.25. The molecule has 0 unspecified atom stereocenters. The van der Waals surface area contributed by atoms with Crippen LogP contribution in [0.1, 0.15) is 20.8 Å². The summed E-state index contributed by atoms with van der Waals surface area (Å²) >= 11 is 2.98. The van der Waals surface area contributed by atoms with Crippen LogP contribution in [0.4, 0.5) is 8.78 Å². The van der Waals surface area contributed by atoms with Gasteiger partial charge in [0.05, 0.1) is 0 Å². The van der Waals surface area contributed by atoms with Crippen LogP contribution in [-0.2, 0) is 0 Å². The standard InChI is InChI=1S/C13H18BrF2NO2/c1-13(2,3)17-6-9(18)7-19-12-10(15)4-8(14)5-11(12)16/h4-5,9,17-18H,6-7H2,1-3H3/t9-/m0/s1. The zero-order chi connectivity index (χ0) is 14.6. The van der Waals surface area contributed by atoms with Crippen molar-refractivity contribution < 1.29 is 18.6 Å². The molecule has 108 valence electrons. The smallest absolute Gasteiger partial charge is 0.190 e. The molecule has 0 bridgehead atoms.